The predicted octanol–water partition coefficient (Wildman–Crippen LogP) is 2.85. The molecule has 0 bridgehead atoms. The Kier molecular flexibility index (Phi) is 7.41. The molecular formula is C15H28N2O3. The number of amides is 2. The second-order valence-corrected chi connectivity index (χ2v) is 5.75. The molecule has 116 valence electrons. The summed E-state index contributed by atoms with van der Waals surface area (Å²) in [6, 6.07) is 0.401. The number of carboxylic acids is 1. The molecule has 0 spiro atoms. The SMILES string of the molecule is CCCC1CCCCN1C(=O)NCCCC(C)C(=O)O. The lowest BCUT2D eigenvalue weighted by molar-refractivity contribution is -0.141. The summed E-state index contributed by atoms with van der Waals surface area (Å²) in [7, 11) is 0. The molecule has 1 rings (SSSR count). The molecule has 5 nitrogen and oxygen atoms in total. The minimum absolute atomic E-state index is 0.0196. The molecule has 1 heterocycles. The average Bonchev–Trinajstić information content (AvgIpc) is 2.44. The van der Waals surface area contributed by atoms with E-state index in [1.54, 1.807) is 6.92 Å². The van der Waals surface area contributed by atoms with Crippen molar-refractivity contribution < 1.29 is 14.7 Å². The number of rotatable bonds is 7. The summed E-state index contributed by atoms with van der Waals surface area (Å²) in [6.07, 6.45) is 6.90. The number of carboxylic acid groups (broad SMARTS) is 1. The predicted molar refractivity (Wildman–Crippen MR) is 78.7 cm³/mol. The zero-order chi connectivity index (χ0) is 15.0. The molecule has 0 aliphatic carbocycles. The Bertz CT molecular complexity index is 318. The van der Waals surface area contributed by atoms with E-state index in [0.29, 0.717) is 25.4 Å². The van der Waals surface area contributed by atoms with Crippen LogP contribution in [-0.2, 0) is 4.79 Å². The summed E-state index contributed by atoms with van der Waals surface area (Å²) < 4.78 is 0. The molecular weight excluding hydrogens is 256 g/mol. The van der Waals surface area contributed by atoms with Crippen molar-refractivity contribution in [3.05, 3.63) is 0 Å². The Labute approximate surface area is 121 Å². The van der Waals surface area contributed by atoms with Crippen LogP contribution < -0.4 is 5.32 Å². The van der Waals surface area contributed by atoms with E-state index >= 15 is 0 Å². The number of hydrogen-bond acceptors (Lipinski definition) is 2. The smallest absolute Gasteiger partial charge is 0.317 e. The van der Waals surface area contributed by atoms with Crippen LogP contribution in [0.2, 0.25) is 0 Å². The maximum absolute atomic E-state index is 12.2. The molecule has 20 heavy (non-hydrogen) atoms. The molecule has 2 unspecified atom stereocenters. The quantitative estimate of drug-likeness (QED) is 0.706. The molecule has 1 fully saturated rings. The first-order chi connectivity index (χ1) is 9.56. The topological polar surface area (TPSA) is 69.6 Å². The third-order valence-electron chi connectivity index (χ3n) is 4.02. The maximum Gasteiger partial charge on any atom is 0.317 e. The second kappa shape index (κ2) is 8.82. The van der Waals surface area contributed by atoms with Crippen LogP contribution in [-0.4, -0.2) is 41.1 Å². The highest BCUT2D eigenvalue weighted by Crippen LogP contribution is 2.20. The summed E-state index contributed by atoms with van der Waals surface area (Å²) >= 11 is 0. The van der Waals surface area contributed by atoms with Crippen molar-refractivity contribution in [3.8, 4) is 0 Å². The van der Waals surface area contributed by atoms with Crippen molar-refractivity contribution in [2.24, 2.45) is 5.92 Å². The number of aliphatic carboxylic acids is 1. The lowest BCUT2D eigenvalue weighted by atomic mass is 9.99. The molecule has 2 N–H and O–H groups in total. The molecule has 2 atom stereocenters. The Morgan fingerprint density at radius 3 is 2.80 bits per heavy atom. The number of hydrogen-bond donors (Lipinski definition) is 2. The average molecular weight is 284 g/mol. The highest BCUT2D eigenvalue weighted by molar-refractivity contribution is 5.74. The summed E-state index contributed by atoms with van der Waals surface area (Å²) in [5.74, 6) is -1.11. The molecule has 1 aliphatic heterocycles. The van der Waals surface area contributed by atoms with Gasteiger partial charge in [-0.2, -0.15) is 0 Å². The molecule has 2 amide bonds. The van der Waals surface area contributed by atoms with Gasteiger partial charge in [-0.15, -0.1) is 0 Å². The van der Waals surface area contributed by atoms with Crippen LogP contribution in [0.3, 0.4) is 0 Å². The van der Waals surface area contributed by atoms with Gasteiger partial charge in [-0.05, 0) is 38.5 Å². The van der Waals surface area contributed by atoms with Gasteiger partial charge in [0.25, 0.3) is 0 Å². The Balaban J connectivity index is 2.28. The van der Waals surface area contributed by atoms with Gasteiger partial charge in [-0.1, -0.05) is 20.3 Å². The second-order valence-electron chi connectivity index (χ2n) is 5.75. The highest BCUT2D eigenvalue weighted by atomic mass is 16.4. The van der Waals surface area contributed by atoms with E-state index < -0.39 is 5.97 Å². The van der Waals surface area contributed by atoms with Gasteiger partial charge in [-0.3, -0.25) is 4.79 Å². The van der Waals surface area contributed by atoms with Crippen molar-refractivity contribution in [1.82, 2.24) is 10.2 Å². The van der Waals surface area contributed by atoms with Crippen molar-refractivity contribution in [3.63, 3.8) is 0 Å². The number of likely N-dealkylation sites (tertiary alicyclic amines) is 1. The number of carbonyl (C=O) groups is 2. The fourth-order valence-corrected chi connectivity index (χ4v) is 2.73. The van der Waals surface area contributed by atoms with E-state index in [1.807, 2.05) is 4.90 Å². The third kappa shape index (κ3) is 5.39. The van der Waals surface area contributed by atoms with E-state index in [0.717, 1.165) is 32.2 Å². The minimum atomic E-state index is -0.768. The largest absolute Gasteiger partial charge is 0.481 e. The molecule has 0 saturated carbocycles. The molecule has 5 heteroatoms. The van der Waals surface area contributed by atoms with Crippen molar-refractivity contribution in [1.29, 1.82) is 0 Å². The molecule has 0 radical (unpaired) electrons. The van der Waals surface area contributed by atoms with Gasteiger partial charge >= 0.3 is 12.0 Å². The Hall–Kier alpha value is -1.26. The number of carbonyl (C=O) groups excluding carboxylic acids is 1. The zero-order valence-electron chi connectivity index (χ0n) is 12.7. The van der Waals surface area contributed by atoms with Crippen LogP contribution in [0.5, 0.6) is 0 Å². The van der Waals surface area contributed by atoms with E-state index in [2.05, 4.69) is 12.2 Å². The van der Waals surface area contributed by atoms with Gasteiger partial charge in [0.1, 0.15) is 0 Å². The Morgan fingerprint density at radius 2 is 2.15 bits per heavy atom. The monoisotopic (exact) mass is 284 g/mol. The van der Waals surface area contributed by atoms with Crippen LogP contribution in [0.25, 0.3) is 0 Å². The van der Waals surface area contributed by atoms with Gasteiger partial charge in [0.05, 0.1) is 5.92 Å². The van der Waals surface area contributed by atoms with Crippen LogP contribution in [0.15, 0.2) is 0 Å². The summed E-state index contributed by atoms with van der Waals surface area (Å²) in [6.45, 7) is 5.26. The van der Waals surface area contributed by atoms with Gasteiger partial charge in [0.2, 0.25) is 0 Å². The fourth-order valence-electron chi connectivity index (χ4n) is 2.73. The summed E-state index contributed by atoms with van der Waals surface area (Å²) in [5.41, 5.74) is 0. The van der Waals surface area contributed by atoms with Crippen molar-refractivity contribution in [2.75, 3.05) is 13.1 Å². The third-order valence-corrected chi connectivity index (χ3v) is 4.02. The van der Waals surface area contributed by atoms with Crippen LogP contribution in [0, 0.1) is 5.92 Å². The minimum Gasteiger partial charge on any atom is -0.481 e. The van der Waals surface area contributed by atoms with Gasteiger partial charge < -0.3 is 15.3 Å². The molecule has 1 aliphatic rings. The van der Waals surface area contributed by atoms with Crippen molar-refractivity contribution >= 4 is 12.0 Å². The number of nitrogens with zero attached hydrogens (tertiary/aromatic N) is 1. The van der Waals surface area contributed by atoms with E-state index in [9.17, 15) is 9.59 Å². The number of piperidine rings is 1. The van der Waals surface area contributed by atoms with E-state index in [-0.39, 0.29) is 11.9 Å². The number of nitrogens with one attached hydrogen (secondary N) is 1. The maximum atomic E-state index is 12.2. The molecule has 0 aromatic rings. The van der Waals surface area contributed by atoms with Gasteiger partial charge in [0, 0.05) is 19.1 Å². The molecule has 0 aromatic carbocycles. The lowest BCUT2D eigenvalue weighted by Gasteiger charge is -2.35. The van der Waals surface area contributed by atoms with E-state index in [4.69, 9.17) is 5.11 Å². The van der Waals surface area contributed by atoms with Crippen LogP contribution in [0.4, 0.5) is 4.79 Å². The summed E-state index contributed by atoms with van der Waals surface area (Å²) in [5, 5.41) is 11.7. The first-order valence-electron chi connectivity index (χ1n) is 7.83. The normalized spacial score (nSPS) is 20.5. The van der Waals surface area contributed by atoms with Crippen molar-refractivity contribution in [2.45, 2.75) is 64.8 Å². The fraction of sp³-hybridized carbons (Fsp3) is 0.867. The van der Waals surface area contributed by atoms with Crippen LogP contribution in [0.1, 0.15) is 58.8 Å². The molecule has 1 saturated heterocycles. The zero-order valence-corrected chi connectivity index (χ0v) is 12.7. The first kappa shape index (κ1) is 16.8. The highest BCUT2D eigenvalue weighted by Gasteiger charge is 2.25. The van der Waals surface area contributed by atoms with Gasteiger partial charge in [-0.25, -0.2) is 4.79 Å². The molecule has 0 aromatic heterocycles. The lowest BCUT2D eigenvalue weighted by Crippen LogP contribution is -2.48. The van der Waals surface area contributed by atoms with Gasteiger partial charge in [0.15, 0.2) is 0 Å². The standard InChI is InChI=1S/C15H28N2O3/c1-3-7-13-9-4-5-11-17(13)15(20)16-10-6-8-12(2)14(18)19/h12-13H,3-11H2,1-2H3,(H,16,20)(H,18,19). The van der Waals surface area contributed by atoms with Crippen LogP contribution >= 0.6 is 0 Å². The Morgan fingerprint density at radius 1 is 1.40 bits per heavy atom. The van der Waals surface area contributed by atoms with E-state index in [1.165, 1.54) is 6.42 Å². The summed E-state index contributed by atoms with van der Waals surface area (Å²) in [4.78, 5) is 24.8. The first-order valence-corrected chi connectivity index (χ1v) is 7.83. The number of urea groups is 1.